The minimum absolute atomic E-state index is 0.0110. The fourth-order valence-corrected chi connectivity index (χ4v) is 2.71. The number of nitrogens with zero attached hydrogens (tertiary/aromatic N) is 3. The van der Waals surface area contributed by atoms with E-state index in [4.69, 9.17) is 11.1 Å². The Hall–Kier alpha value is -3.16. The number of carbonyl (C=O) groups excluding carboxylic acids is 1. The second-order valence-electron chi connectivity index (χ2n) is 5.45. The van der Waals surface area contributed by atoms with Gasteiger partial charge in [0.1, 0.15) is 5.84 Å². The van der Waals surface area contributed by atoms with Crippen LogP contribution in [0.25, 0.3) is 11.3 Å². The van der Waals surface area contributed by atoms with E-state index in [2.05, 4.69) is 20.5 Å². The highest BCUT2D eigenvalue weighted by atomic mass is 16.2. The molecule has 24 heavy (non-hydrogen) atoms. The molecule has 2 aromatic rings. The van der Waals surface area contributed by atoms with E-state index in [1.807, 2.05) is 30.3 Å². The molecule has 2 amide bonds. The Morgan fingerprint density at radius 2 is 2.25 bits per heavy atom. The Labute approximate surface area is 139 Å². The van der Waals surface area contributed by atoms with Gasteiger partial charge in [-0.3, -0.25) is 10.5 Å². The van der Waals surface area contributed by atoms with E-state index in [9.17, 15) is 4.79 Å². The monoisotopic (exact) mass is 325 g/mol. The van der Waals surface area contributed by atoms with Gasteiger partial charge in [0.2, 0.25) is 0 Å². The number of amidine groups is 1. The Morgan fingerprint density at radius 3 is 3.00 bits per heavy atom. The first-order valence-electron chi connectivity index (χ1n) is 7.65. The minimum atomic E-state index is -0.224. The molecule has 1 aliphatic rings. The third-order valence-corrected chi connectivity index (χ3v) is 3.91. The van der Waals surface area contributed by atoms with E-state index >= 15 is 0 Å². The van der Waals surface area contributed by atoms with Crippen LogP contribution in [0.3, 0.4) is 0 Å². The second kappa shape index (κ2) is 6.95. The zero-order valence-corrected chi connectivity index (χ0v) is 13.1. The van der Waals surface area contributed by atoms with Gasteiger partial charge in [-0.05, 0) is 0 Å². The molecule has 0 aliphatic carbocycles. The summed E-state index contributed by atoms with van der Waals surface area (Å²) in [4.78, 5) is 17.6. The van der Waals surface area contributed by atoms with Crippen molar-refractivity contribution >= 4 is 18.2 Å². The highest BCUT2D eigenvalue weighted by Crippen LogP contribution is 2.28. The molecule has 0 saturated carbocycles. The third kappa shape index (κ3) is 3.27. The van der Waals surface area contributed by atoms with Gasteiger partial charge < -0.3 is 16.0 Å². The molecular formula is C16H19N7O. The van der Waals surface area contributed by atoms with E-state index in [1.165, 1.54) is 0 Å². The number of aromatic nitrogens is 2. The minimum Gasteiger partial charge on any atom is -0.390 e. The number of fused-ring (bicyclic) bond motifs is 1. The molecule has 8 heteroatoms. The standard InChI is InChI=1S/C16H19N7O/c17-10-20-14(18)8-19-16(24)23-7-6-13-12(9-23)15(22-21-13)11-4-2-1-3-5-11/h1-5,10H,6-9H2,(H,19,24)(H,21,22)(H3,17,18,20). The molecule has 0 spiro atoms. The van der Waals surface area contributed by atoms with Crippen LogP contribution in [0.2, 0.25) is 0 Å². The number of carbonyl (C=O) groups is 1. The summed E-state index contributed by atoms with van der Waals surface area (Å²) >= 11 is 0. The number of hydrogen-bond acceptors (Lipinski definition) is 3. The molecule has 1 aromatic heterocycles. The van der Waals surface area contributed by atoms with Crippen LogP contribution in [0.15, 0.2) is 35.3 Å². The normalized spacial score (nSPS) is 13.8. The van der Waals surface area contributed by atoms with Gasteiger partial charge in [-0.15, -0.1) is 0 Å². The Morgan fingerprint density at radius 1 is 1.46 bits per heavy atom. The Balaban J connectivity index is 1.71. The van der Waals surface area contributed by atoms with Crippen LogP contribution in [0.1, 0.15) is 11.3 Å². The number of amides is 2. The SMILES string of the molecule is N=C(CNC(=O)N1CCc2[nH]nc(-c3ccccc3)c2C1)N=CN. The predicted molar refractivity (Wildman–Crippen MR) is 91.9 cm³/mol. The van der Waals surface area contributed by atoms with Crippen LogP contribution in [-0.4, -0.2) is 46.4 Å². The van der Waals surface area contributed by atoms with Crippen molar-refractivity contribution in [2.24, 2.45) is 10.7 Å². The lowest BCUT2D eigenvalue weighted by Gasteiger charge is -2.27. The van der Waals surface area contributed by atoms with Crippen molar-refractivity contribution in [2.75, 3.05) is 13.1 Å². The third-order valence-electron chi connectivity index (χ3n) is 3.91. The van der Waals surface area contributed by atoms with Crippen LogP contribution in [0.5, 0.6) is 0 Å². The molecule has 124 valence electrons. The van der Waals surface area contributed by atoms with Crippen molar-refractivity contribution in [3.63, 3.8) is 0 Å². The fraction of sp³-hybridized carbons (Fsp3) is 0.250. The maximum absolute atomic E-state index is 12.3. The molecule has 8 nitrogen and oxygen atoms in total. The summed E-state index contributed by atoms with van der Waals surface area (Å²) in [5.41, 5.74) is 9.14. The van der Waals surface area contributed by atoms with E-state index in [0.717, 1.165) is 35.3 Å². The molecule has 1 aliphatic heterocycles. The first-order chi connectivity index (χ1) is 11.7. The zero-order chi connectivity index (χ0) is 16.9. The van der Waals surface area contributed by atoms with Crippen molar-refractivity contribution in [1.82, 2.24) is 20.4 Å². The van der Waals surface area contributed by atoms with Gasteiger partial charge in [0.15, 0.2) is 0 Å². The van der Waals surface area contributed by atoms with Gasteiger partial charge in [-0.2, -0.15) is 5.10 Å². The molecule has 0 atom stereocenters. The Bertz CT molecular complexity index is 766. The molecule has 0 bridgehead atoms. The summed E-state index contributed by atoms with van der Waals surface area (Å²) in [6.07, 6.45) is 1.76. The number of rotatable bonds is 3. The molecular weight excluding hydrogens is 306 g/mol. The average molecular weight is 325 g/mol. The lowest BCUT2D eigenvalue weighted by Crippen LogP contribution is -2.44. The molecule has 0 saturated heterocycles. The molecule has 2 heterocycles. The number of nitrogens with two attached hydrogens (primary N) is 1. The van der Waals surface area contributed by atoms with Crippen molar-refractivity contribution < 1.29 is 4.79 Å². The zero-order valence-electron chi connectivity index (χ0n) is 13.1. The maximum atomic E-state index is 12.3. The molecule has 3 rings (SSSR count). The van der Waals surface area contributed by atoms with Crippen LogP contribution in [0.4, 0.5) is 4.79 Å². The highest BCUT2D eigenvalue weighted by Gasteiger charge is 2.25. The summed E-state index contributed by atoms with van der Waals surface area (Å²) in [6.45, 7) is 1.13. The smallest absolute Gasteiger partial charge is 0.318 e. The summed E-state index contributed by atoms with van der Waals surface area (Å²) in [6, 6.07) is 9.67. The number of H-pyrrole nitrogens is 1. The van der Waals surface area contributed by atoms with Crippen molar-refractivity contribution in [1.29, 1.82) is 5.41 Å². The first kappa shape index (κ1) is 15.7. The van der Waals surface area contributed by atoms with E-state index < -0.39 is 0 Å². The highest BCUT2D eigenvalue weighted by molar-refractivity contribution is 5.90. The Kier molecular flexibility index (Phi) is 4.55. The van der Waals surface area contributed by atoms with Gasteiger partial charge in [0, 0.05) is 29.8 Å². The largest absolute Gasteiger partial charge is 0.390 e. The molecule has 0 radical (unpaired) electrons. The second-order valence-corrected chi connectivity index (χ2v) is 5.45. The topological polar surface area (TPSA) is 123 Å². The lowest BCUT2D eigenvalue weighted by atomic mass is 10.0. The van der Waals surface area contributed by atoms with Gasteiger partial charge in [-0.25, -0.2) is 9.79 Å². The number of aliphatic imine (C=N–C) groups is 1. The lowest BCUT2D eigenvalue weighted by molar-refractivity contribution is 0.193. The molecule has 1 aromatic carbocycles. The van der Waals surface area contributed by atoms with Crippen LogP contribution in [0, 0.1) is 5.41 Å². The van der Waals surface area contributed by atoms with Crippen LogP contribution in [-0.2, 0) is 13.0 Å². The van der Waals surface area contributed by atoms with Crippen molar-refractivity contribution in [2.45, 2.75) is 13.0 Å². The predicted octanol–water partition coefficient (Wildman–Crippen LogP) is 1.11. The fourth-order valence-electron chi connectivity index (χ4n) is 2.71. The van der Waals surface area contributed by atoms with E-state index in [0.29, 0.717) is 13.1 Å². The van der Waals surface area contributed by atoms with Gasteiger partial charge in [-0.1, -0.05) is 30.3 Å². The van der Waals surface area contributed by atoms with Crippen LogP contribution >= 0.6 is 0 Å². The molecule has 0 fully saturated rings. The van der Waals surface area contributed by atoms with Gasteiger partial charge in [0.25, 0.3) is 0 Å². The van der Waals surface area contributed by atoms with Crippen molar-refractivity contribution in [3.8, 4) is 11.3 Å². The quantitative estimate of drug-likeness (QED) is 0.499. The number of aromatic amines is 1. The first-order valence-corrected chi connectivity index (χ1v) is 7.65. The number of hydrogen-bond donors (Lipinski definition) is 4. The molecule has 0 unspecified atom stereocenters. The van der Waals surface area contributed by atoms with Gasteiger partial charge in [0.05, 0.1) is 25.1 Å². The summed E-state index contributed by atoms with van der Waals surface area (Å²) in [5.74, 6) is 0.0110. The van der Waals surface area contributed by atoms with Crippen molar-refractivity contribution in [3.05, 3.63) is 41.6 Å². The average Bonchev–Trinajstić information content (AvgIpc) is 3.04. The van der Waals surface area contributed by atoms with E-state index in [-0.39, 0.29) is 18.4 Å². The number of nitrogens with one attached hydrogen (secondary N) is 3. The van der Waals surface area contributed by atoms with E-state index in [1.54, 1.807) is 4.90 Å². The number of urea groups is 1. The molecule has 5 N–H and O–H groups in total. The van der Waals surface area contributed by atoms with Crippen LogP contribution < -0.4 is 11.1 Å². The summed E-state index contributed by atoms with van der Waals surface area (Å²) < 4.78 is 0. The maximum Gasteiger partial charge on any atom is 0.318 e. The van der Waals surface area contributed by atoms with Gasteiger partial charge >= 0.3 is 6.03 Å². The summed E-state index contributed by atoms with van der Waals surface area (Å²) in [7, 11) is 0. The summed E-state index contributed by atoms with van der Waals surface area (Å²) in [5, 5.41) is 17.7. The number of benzene rings is 1.